The van der Waals surface area contributed by atoms with Crippen molar-refractivity contribution in [1.82, 2.24) is 0 Å². The topological polar surface area (TPSA) is 20.2 Å². The van der Waals surface area contributed by atoms with Gasteiger partial charge in [0.25, 0.3) is 0 Å². The molecule has 1 aromatic rings. The van der Waals surface area contributed by atoms with E-state index in [1.165, 1.54) is 44.1 Å². The van der Waals surface area contributed by atoms with Gasteiger partial charge in [-0.15, -0.1) is 0 Å². The molecule has 0 atom stereocenters. The molecule has 1 aliphatic carbocycles. The standard InChI is InChI=1S/C15H20Br2O/c1-2-3-10-4-6-11(7-5-10)12-8-13(16)15(18)14(17)9-12/h8-11,18H,2-7H2,1H3. The van der Waals surface area contributed by atoms with Gasteiger partial charge < -0.3 is 5.11 Å². The monoisotopic (exact) mass is 374 g/mol. The molecule has 1 nitrogen and oxygen atoms in total. The van der Waals surface area contributed by atoms with Gasteiger partial charge in [0.05, 0.1) is 8.95 Å². The van der Waals surface area contributed by atoms with Crippen LogP contribution in [0.5, 0.6) is 5.75 Å². The molecule has 100 valence electrons. The zero-order chi connectivity index (χ0) is 13.1. The molecule has 0 spiro atoms. The lowest BCUT2D eigenvalue weighted by Gasteiger charge is -2.29. The first-order valence-electron chi connectivity index (χ1n) is 6.79. The fourth-order valence-corrected chi connectivity index (χ4v) is 4.24. The van der Waals surface area contributed by atoms with Crippen LogP contribution in [-0.4, -0.2) is 5.11 Å². The first-order chi connectivity index (χ1) is 8.61. The fourth-order valence-electron chi connectivity index (χ4n) is 3.01. The van der Waals surface area contributed by atoms with E-state index >= 15 is 0 Å². The van der Waals surface area contributed by atoms with Crippen LogP contribution in [-0.2, 0) is 0 Å². The Bertz CT molecular complexity index is 386. The molecule has 0 aliphatic heterocycles. The van der Waals surface area contributed by atoms with Gasteiger partial charge in [-0.25, -0.2) is 0 Å². The van der Waals surface area contributed by atoms with Crippen molar-refractivity contribution >= 4 is 31.9 Å². The fraction of sp³-hybridized carbons (Fsp3) is 0.600. The van der Waals surface area contributed by atoms with Gasteiger partial charge in [-0.05, 0) is 87.1 Å². The maximum atomic E-state index is 9.75. The average molecular weight is 376 g/mol. The van der Waals surface area contributed by atoms with E-state index < -0.39 is 0 Å². The first kappa shape index (κ1) is 14.4. The molecular formula is C15H20Br2O. The van der Waals surface area contributed by atoms with Gasteiger partial charge in [-0.1, -0.05) is 19.8 Å². The third-order valence-electron chi connectivity index (χ3n) is 4.05. The molecule has 1 N–H and O–H groups in total. The van der Waals surface area contributed by atoms with Gasteiger partial charge in [-0.3, -0.25) is 0 Å². The zero-order valence-corrected chi connectivity index (χ0v) is 13.9. The molecule has 0 heterocycles. The smallest absolute Gasteiger partial charge is 0.143 e. The summed E-state index contributed by atoms with van der Waals surface area (Å²) in [7, 11) is 0. The highest BCUT2D eigenvalue weighted by molar-refractivity contribution is 9.11. The number of benzene rings is 1. The predicted octanol–water partition coefficient (Wildman–Crippen LogP) is 5.99. The molecular weight excluding hydrogens is 356 g/mol. The summed E-state index contributed by atoms with van der Waals surface area (Å²) in [6.45, 7) is 2.28. The second-order valence-corrected chi connectivity index (χ2v) is 7.05. The summed E-state index contributed by atoms with van der Waals surface area (Å²) in [6.07, 6.45) is 7.98. The van der Waals surface area contributed by atoms with Crippen molar-refractivity contribution in [2.45, 2.75) is 51.4 Å². The number of phenols is 1. The summed E-state index contributed by atoms with van der Waals surface area (Å²) < 4.78 is 1.59. The second kappa shape index (κ2) is 6.42. The van der Waals surface area contributed by atoms with E-state index in [2.05, 4.69) is 50.9 Å². The lowest BCUT2D eigenvalue weighted by atomic mass is 9.77. The van der Waals surface area contributed by atoms with Crippen LogP contribution in [0.3, 0.4) is 0 Å². The Hall–Kier alpha value is -0.0200. The third-order valence-corrected chi connectivity index (χ3v) is 5.26. The summed E-state index contributed by atoms with van der Waals surface area (Å²) in [5.41, 5.74) is 1.35. The minimum absolute atomic E-state index is 0.304. The van der Waals surface area contributed by atoms with Crippen molar-refractivity contribution < 1.29 is 5.11 Å². The van der Waals surface area contributed by atoms with E-state index in [-0.39, 0.29) is 0 Å². The van der Waals surface area contributed by atoms with Crippen LogP contribution >= 0.6 is 31.9 Å². The lowest BCUT2D eigenvalue weighted by molar-refractivity contribution is 0.308. The predicted molar refractivity (Wildman–Crippen MR) is 83.1 cm³/mol. The number of halogens is 2. The molecule has 0 saturated heterocycles. The Morgan fingerprint density at radius 1 is 1.11 bits per heavy atom. The van der Waals surface area contributed by atoms with Gasteiger partial charge in [0.2, 0.25) is 0 Å². The van der Waals surface area contributed by atoms with Crippen LogP contribution in [0.25, 0.3) is 0 Å². The molecule has 2 rings (SSSR count). The van der Waals surface area contributed by atoms with Crippen LogP contribution in [0.4, 0.5) is 0 Å². The van der Waals surface area contributed by atoms with Crippen LogP contribution in [0.15, 0.2) is 21.1 Å². The summed E-state index contributed by atoms with van der Waals surface area (Å²) in [5.74, 6) is 1.90. The Kier molecular flexibility index (Phi) is 5.14. The molecule has 0 amide bonds. The van der Waals surface area contributed by atoms with Crippen LogP contribution in [0, 0.1) is 5.92 Å². The van der Waals surface area contributed by atoms with Crippen molar-refractivity contribution in [3.05, 3.63) is 26.6 Å². The van der Waals surface area contributed by atoms with Crippen LogP contribution in [0.2, 0.25) is 0 Å². The number of rotatable bonds is 3. The molecule has 0 radical (unpaired) electrons. The maximum absolute atomic E-state index is 9.75. The number of phenolic OH excluding ortho intramolecular Hbond substituents is 1. The quantitative estimate of drug-likeness (QED) is 0.687. The number of hydrogen-bond acceptors (Lipinski definition) is 1. The minimum Gasteiger partial charge on any atom is -0.506 e. The molecule has 1 aliphatic rings. The van der Waals surface area contributed by atoms with E-state index in [0.29, 0.717) is 11.7 Å². The van der Waals surface area contributed by atoms with Crippen molar-refractivity contribution in [2.75, 3.05) is 0 Å². The second-order valence-electron chi connectivity index (χ2n) is 5.34. The Balaban J connectivity index is 2.05. The van der Waals surface area contributed by atoms with Crippen molar-refractivity contribution in [3.8, 4) is 5.75 Å². The highest BCUT2D eigenvalue weighted by Crippen LogP contribution is 2.41. The highest BCUT2D eigenvalue weighted by atomic mass is 79.9. The molecule has 0 bridgehead atoms. The number of aromatic hydroxyl groups is 1. The largest absolute Gasteiger partial charge is 0.506 e. The van der Waals surface area contributed by atoms with Crippen LogP contribution < -0.4 is 0 Å². The summed E-state index contributed by atoms with van der Waals surface area (Å²) in [6, 6.07) is 4.15. The Morgan fingerprint density at radius 3 is 2.17 bits per heavy atom. The summed E-state index contributed by atoms with van der Waals surface area (Å²) >= 11 is 6.84. The van der Waals surface area contributed by atoms with Gasteiger partial charge >= 0.3 is 0 Å². The van der Waals surface area contributed by atoms with Crippen molar-refractivity contribution in [2.24, 2.45) is 5.92 Å². The van der Waals surface area contributed by atoms with Crippen molar-refractivity contribution in [3.63, 3.8) is 0 Å². The van der Waals surface area contributed by atoms with Gasteiger partial charge in [0, 0.05) is 0 Å². The first-order valence-corrected chi connectivity index (χ1v) is 8.38. The Labute approximate surface area is 126 Å². The summed E-state index contributed by atoms with van der Waals surface area (Å²) in [4.78, 5) is 0. The Morgan fingerprint density at radius 2 is 1.67 bits per heavy atom. The van der Waals surface area contributed by atoms with E-state index in [0.717, 1.165) is 14.9 Å². The molecule has 1 aromatic carbocycles. The molecule has 18 heavy (non-hydrogen) atoms. The van der Waals surface area contributed by atoms with E-state index in [9.17, 15) is 5.11 Å². The molecule has 0 unspecified atom stereocenters. The van der Waals surface area contributed by atoms with Gasteiger partial charge in [0.1, 0.15) is 5.75 Å². The normalized spacial score (nSPS) is 24.2. The average Bonchev–Trinajstić information content (AvgIpc) is 2.37. The summed E-state index contributed by atoms with van der Waals surface area (Å²) in [5, 5.41) is 9.75. The van der Waals surface area contributed by atoms with Gasteiger partial charge in [0.15, 0.2) is 0 Å². The molecule has 1 saturated carbocycles. The SMILES string of the molecule is CCCC1CCC(c2cc(Br)c(O)c(Br)c2)CC1. The molecule has 1 fully saturated rings. The van der Waals surface area contributed by atoms with Crippen LogP contribution in [0.1, 0.15) is 56.9 Å². The lowest BCUT2D eigenvalue weighted by Crippen LogP contribution is -2.13. The van der Waals surface area contributed by atoms with E-state index in [1.54, 1.807) is 0 Å². The van der Waals surface area contributed by atoms with Crippen molar-refractivity contribution in [1.29, 1.82) is 0 Å². The van der Waals surface area contributed by atoms with Gasteiger partial charge in [-0.2, -0.15) is 0 Å². The molecule has 3 heteroatoms. The zero-order valence-electron chi connectivity index (χ0n) is 10.8. The van der Waals surface area contributed by atoms with E-state index in [1.807, 2.05) is 0 Å². The minimum atomic E-state index is 0.304. The molecule has 0 aromatic heterocycles. The number of hydrogen-bond donors (Lipinski definition) is 1. The maximum Gasteiger partial charge on any atom is 0.143 e. The highest BCUT2D eigenvalue weighted by Gasteiger charge is 2.22. The third kappa shape index (κ3) is 3.30. The van der Waals surface area contributed by atoms with E-state index in [4.69, 9.17) is 0 Å².